The van der Waals surface area contributed by atoms with Gasteiger partial charge >= 0.3 is 5.97 Å². The van der Waals surface area contributed by atoms with Crippen molar-refractivity contribution in [2.45, 2.75) is 32.4 Å². The number of carbonyl (C=O) groups is 1. The average molecular weight is 442 g/mol. The zero-order chi connectivity index (χ0) is 21.3. The van der Waals surface area contributed by atoms with Crippen molar-refractivity contribution in [2.75, 3.05) is 13.7 Å². The van der Waals surface area contributed by atoms with E-state index in [0.29, 0.717) is 11.7 Å². The zero-order valence-electron chi connectivity index (χ0n) is 17.0. The smallest absolute Gasteiger partial charge is 0.307 e. The molecule has 7 nitrogen and oxygen atoms in total. The Morgan fingerprint density at radius 1 is 1.30 bits per heavy atom. The Kier molecular flexibility index (Phi) is 5.83. The topological polar surface area (TPSA) is 72.3 Å². The molecule has 1 saturated heterocycles. The standard InChI is InChI=1S/C21H23N5O2S2/c1-13-12-15(14(2)26(13)21-23-9-11-30-21)19-18(16-6-4-5-8-22-16)24-20(29)25(19)10-7-17(27)28-3/h4-6,8-9,11-12,18-19H,7,10H2,1-3H3,(H,24,29)/t18-,19+/m1/s1. The van der Waals surface area contributed by atoms with Crippen molar-refractivity contribution in [3.63, 3.8) is 0 Å². The first-order valence-corrected chi connectivity index (χ1v) is 10.9. The number of hydrogen-bond acceptors (Lipinski definition) is 6. The molecule has 0 spiro atoms. The van der Waals surface area contributed by atoms with Crippen molar-refractivity contribution in [3.8, 4) is 5.13 Å². The molecule has 1 fully saturated rings. The molecule has 0 bridgehead atoms. The molecule has 1 aliphatic heterocycles. The molecule has 0 aromatic carbocycles. The summed E-state index contributed by atoms with van der Waals surface area (Å²) in [5, 5.41) is 6.93. The number of aryl methyl sites for hydroxylation is 1. The van der Waals surface area contributed by atoms with Gasteiger partial charge in [0.2, 0.25) is 0 Å². The number of esters is 1. The number of nitrogens with zero attached hydrogens (tertiary/aromatic N) is 4. The van der Waals surface area contributed by atoms with Crippen LogP contribution in [0.1, 0.15) is 41.1 Å². The number of rotatable bonds is 6. The van der Waals surface area contributed by atoms with Crippen LogP contribution in [0.3, 0.4) is 0 Å². The normalized spacial score (nSPS) is 18.5. The van der Waals surface area contributed by atoms with E-state index in [2.05, 4.69) is 44.7 Å². The fourth-order valence-corrected chi connectivity index (χ4v) is 5.09. The van der Waals surface area contributed by atoms with Crippen molar-refractivity contribution in [2.24, 2.45) is 0 Å². The molecule has 2 atom stereocenters. The Hall–Kier alpha value is -2.78. The summed E-state index contributed by atoms with van der Waals surface area (Å²) in [5.74, 6) is -0.258. The molecular formula is C21H23N5O2S2. The third-order valence-corrected chi connectivity index (χ3v) is 6.49. The fourth-order valence-electron chi connectivity index (χ4n) is 4.01. The molecule has 3 aromatic rings. The summed E-state index contributed by atoms with van der Waals surface area (Å²) in [6, 6.07) is 7.82. The van der Waals surface area contributed by atoms with Gasteiger partial charge < -0.3 is 15.0 Å². The number of thiocarbonyl (C=S) groups is 1. The Balaban J connectivity index is 1.78. The lowest BCUT2D eigenvalue weighted by molar-refractivity contribution is -0.140. The van der Waals surface area contributed by atoms with Crippen LogP contribution in [0.25, 0.3) is 5.13 Å². The van der Waals surface area contributed by atoms with Gasteiger partial charge in [-0.05, 0) is 49.8 Å². The molecule has 1 aliphatic rings. The molecule has 9 heteroatoms. The van der Waals surface area contributed by atoms with Crippen LogP contribution in [0.2, 0.25) is 0 Å². The second kappa shape index (κ2) is 8.53. The average Bonchev–Trinajstić information content (AvgIpc) is 3.45. The Labute approximate surface area is 184 Å². The molecule has 4 heterocycles. The molecular weight excluding hydrogens is 418 g/mol. The lowest BCUT2D eigenvalue weighted by Gasteiger charge is -2.27. The maximum Gasteiger partial charge on any atom is 0.307 e. The molecule has 0 amide bonds. The number of hydrogen-bond donors (Lipinski definition) is 1. The van der Waals surface area contributed by atoms with Crippen LogP contribution < -0.4 is 5.32 Å². The summed E-state index contributed by atoms with van der Waals surface area (Å²) in [6.45, 7) is 4.64. The molecule has 3 aromatic heterocycles. The van der Waals surface area contributed by atoms with Crippen LogP contribution in [-0.2, 0) is 9.53 Å². The van der Waals surface area contributed by atoms with E-state index in [9.17, 15) is 4.79 Å². The largest absolute Gasteiger partial charge is 0.469 e. The lowest BCUT2D eigenvalue weighted by Crippen LogP contribution is -2.32. The van der Waals surface area contributed by atoms with Gasteiger partial charge in [-0.1, -0.05) is 6.07 Å². The van der Waals surface area contributed by atoms with Crippen LogP contribution >= 0.6 is 23.6 Å². The number of aromatic nitrogens is 3. The zero-order valence-corrected chi connectivity index (χ0v) is 18.7. The van der Waals surface area contributed by atoms with E-state index < -0.39 is 0 Å². The van der Waals surface area contributed by atoms with Gasteiger partial charge in [-0.25, -0.2) is 4.98 Å². The van der Waals surface area contributed by atoms with Gasteiger partial charge in [0, 0.05) is 35.7 Å². The second-order valence-corrected chi connectivity index (χ2v) is 8.38. The third kappa shape index (κ3) is 3.70. The molecule has 0 aliphatic carbocycles. The predicted molar refractivity (Wildman–Crippen MR) is 120 cm³/mol. The number of thiazole rings is 1. The van der Waals surface area contributed by atoms with E-state index >= 15 is 0 Å². The molecule has 0 saturated carbocycles. The fraction of sp³-hybridized carbons (Fsp3) is 0.333. The van der Waals surface area contributed by atoms with Gasteiger partial charge in [-0.3, -0.25) is 14.3 Å². The lowest BCUT2D eigenvalue weighted by atomic mass is 9.96. The highest BCUT2D eigenvalue weighted by molar-refractivity contribution is 7.80. The Morgan fingerprint density at radius 2 is 2.13 bits per heavy atom. The summed E-state index contributed by atoms with van der Waals surface area (Å²) in [4.78, 5) is 22.9. The van der Waals surface area contributed by atoms with Crippen molar-refractivity contribution >= 4 is 34.6 Å². The maximum absolute atomic E-state index is 11.8. The maximum atomic E-state index is 11.8. The number of methoxy groups -OCH3 is 1. The van der Waals surface area contributed by atoms with Gasteiger partial charge in [0.15, 0.2) is 10.2 Å². The molecule has 1 N–H and O–H groups in total. The molecule has 30 heavy (non-hydrogen) atoms. The van der Waals surface area contributed by atoms with Crippen molar-refractivity contribution in [1.29, 1.82) is 0 Å². The van der Waals surface area contributed by atoms with Crippen LogP contribution in [0.4, 0.5) is 0 Å². The van der Waals surface area contributed by atoms with Gasteiger partial charge in [0.1, 0.15) is 0 Å². The highest BCUT2D eigenvalue weighted by Gasteiger charge is 2.41. The highest BCUT2D eigenvalue weighted by Crippen LogP contribution is 2.41. The van der Waals surface area contributed by atoms with Crippen LogP contribution in [0.5, 0.6) is 0 Å². The number of carbonyl (C=O) groups excluding carboxylic acids is 1. The van der Waals surface area contributed by atoms with E-state index in [-0.39, 0.29) is 24.5 Å². The molecule has 0 unspecified atom stereocenters. The van der Waals surface area contributed by atoms with Crippen molar-refractivity contribution in [3.05, 3.63) is 64.7 Å². The number of ether oxygens (including phenoxy) is 1. The summed E-state index contributed by atoms with van der Waals surface area (Å²) in [7, 11) is 1.40. The van der Waals surface area contributed by atoms with Gasteiger partial charge in [0.05, 0.1) is 31.3 Å². The van der Waals surface area contributed by atoms with Crippen LogP contribution in [-0.4, -0.2) is 44.2 Å². The highest BCUT2D eigenvalue weighted by atomic mass is 32.1. The molecule has 156 valence electrons. The van der Waals surface area contributed by atoms with Gasteiger partial charge in [-0.15, -0.1) is 11.3 Å². The number of nitrogens with one attached hydrogen (secondary N) is 1. The van der Waals surface area contributed by atoms with E-state index in [1.54, 1.807) is 17.5 Å². The first-order valence-electron chi connectivity index (χ1n) is 9.65. The Bertz CT molecular complexity index is 1050. The molecule has 0 radical (unpaired) electrons. The summed E-state index contributed by atoms with van der Waals surface area (Å²) in [5.41, 5.74) is 4.24. The van der Waals surface area contributed by atoms with E-state index in [0.717, 1.165) is 27.8 Å². The van der Waals surface area contributed by atoms with Crippen molar-refractivity contribution in [1.82, 2.24) is 24.8 Å². The van der Waals surface area contributed by atoms with E-state index in [4.69, 9.17) is 17.0 Å². The van der Waals surface area contributed by atoms with Crippen molar-refractivity contribution < 1.29 is 9.53 Å². The van der Waals surface area contributed by atoms with Crippen LogP contribution in [0.15, 0.2) is 42.0 Å². The predicted octanol–water partition coefficient (Wildman–Crippen LogP) is 3.48. The SMILES string of the molecule is COC(=O)CCN1C(=S)N[C@H](c2ccccn2)[C@@H]1c1cc(C)n(-c2nccs2)c1C. The molecule has 4 rings (SSSR count). The van der Waals surface area contributed by atoms with Gasteiger partial charge in [-0.2, -0.15) is 0 Å². The number of pyridine rings is 1. The Morgan fingerprint density at radius 3 is 2.80 bits per heavy atom. The van der Waals surface area contributed by atoms with E-state index in [1.165, 1.54) is 7.11 Å². The minimum absolute atomic E-state index is 0.100. The summed E-state index contributed by atoms with van der Waals surface area (Å²) >= 11 is 7.26. The van der Waals surface area contributed by atoms with E-state index in [1.807, 2.05) is 29.8 Å². The quantitative estimate of drug-likeness (QED) is 0.464. The second-order valence-electron chi connectivity index (χ2n) is 7.12. The minimum atomic E-state index is -0.258. The third-order valence-electron chi connectivity index (χ3n) is 5.38. The first kappa shape index (κ1) is 20.5. The summed E-state index contributed by atoms with van der Waals surface area (Å²) < 4.78 is 7.00. The summed E-state index contributed by atoms with van der Waals surface area (Å²) in [6.07, 6.45) is 3.85. The first-order chi connectivity index (χ1) is 14.5. The monoisotopic (exact) mass is 441 g/mol. The van der Waals surface area contributed by atoms with Crippen LogP contribution in [0, 0.1) is 13.8 Å². The minimum Gasteiger partial charge on any atom is -0.469 e. The van der Waals surface area contributed by atoms with Gasteiger partial charge in [0.25, 0.3) is 0 Å².